The Morgan fingerprint density at radius 2 is 1.81 bits per heavy atom. The lowest BCUT2D eigenvalue weighted by molar-refractivity contribution is -0.119. The van der Waals surface area contributed by atoms with Crippen molar-refractivity contribution in [3.8, 4) is 5.75 Å². The van der Waals surface area contributed by atoms with Gasteiger partial charge < -0.3 is 4.74 Å². The van der Waals surface area contributed by atoms with Crippen LogP contribution < -0.4 is 14.5 Å². The molecule has 166 valence electrons. The maximum absolute atomic E-state index is 13.4. The van der Waals surface area contributed by atoms with Crippen molar-refractivity contribution in [3.05, 3.63) is 88.9 Å². The van der Waals surface area contributed by atoms with Gasteiger partial charge in [0.25, 0.3) is 15.9 Å². The third kappa shape index (κ3) is 5.87. The molecule has 3 rings (SSSR count). The van der Waals surface area contributed by atoms with E-state index in [1.807, 2.05) is 6.92 Å². The summed E-state index contributed by atoms with van der Waals surface area (Å²) in [5, 5.41) is 4.44. The van der Waals surface area contributed by atoms with E-state index in [0.29, 0.717) is 22.0 Å². The van der Waals surface area contributed by atoms with E-state index in [-0.39, 0.29) is 4.90 Å². The largest absolute Gasteiger partial charge is 0.497 e. The van der Waals surface area contributed by atoms with Crippen LogP contribution in [0.1, 0.15) is 11.1 Å². The zero-order valence-electron chi connectivity index (χ0n) is 17.5. The minimum atomic E-state index is -4.03. The molecular formula is C23H22ClN3O4S. The number of methoxy groups -OCH3 is 1. The van der Waals surface area contributed by atoms with Crippen LogP contribution in [0, 0.1) is 6.92 Å². The normalized spacial score (nSPS) is 11.3. The van der Waals surface area contributed by atoms with Gasteiger partial charge >= 0.3 is 0 Å². The molecule has 9 heteroatoms. The lowest BCUT2D eigenvalue weighted by Gasteiger charge is -2.24. The van der Waals surface area contributed by atoms with Crippen molar-refractivity contribution >= 4 is 39.4 Å². The highest BCUT2D eigenvalue weighted by molar-refractivity contribution is 7.92. The van der Waals surface area contributed by atoms with E-state index in [0.717, 1.165) is 9.87 Å². The Morgan fingerprint density at radius 1 is 1.09 bits per heavy atom. The molecule has 0 aromatic heterocycles. The van der Waals surface area contributed by atoms with E-state index in [2.05, 4.69) is 10.5 Å². The summed E-state index contributed by atoms with van der Waals surface area (Å²) < 4.78 is 33.0. The molecule has 3 aromatic carbocycles. The number of nitrogens with zero attached hydrogens (tertiary/aromatic N) is 2. The summed E-state index contributed by atoms with van der Waals surface area (Å²) in [5.74, 6) is -0.146. The molecule has 0 aliphatic rings. The molecule has 1 amide bonds. The lowest BCUT2D eigenvalue weighted by atomic mass is 10.2. The second kappa shape index (κ2) is 10.3. The summed E-state index contributed by atoms with van der Waals surface area (Å²) in [6, 6.07) is 19.8. The summed E-state index contributed by atoms with van der Waals surface area (Å²) in [6.45, 7) is 1.39. The predicted octanol–water partition coefficient (Wildman–Crippen LogP) is 4.00. The van der Waals surface area contributed by atoms with E-state index in [1.165, 1.54) is 25.5 Å². The molecule has 0 aliphatic carbocycles. The first-order chi connectivity index (χ1) is 15.3. The van der Waals surface area contributed by atoms with Gasteiger partial charge in [0, 0.05) is 11.1 Å². The maximum atomic E-state index is 13.4. The molecule has 0 saturated heterocycles. The van der Waals surface area contributed by atoms with E-state index in [1.54, 1.807) is 60.7 Å². The quantitative estimate of drug-likeness (QED) is 0.397. The highest BCUT2D eigenvalue weighted by atomic mass is 35.5. The zero-order valence-corrected chi connectivity index (χ0v) is 19.1. The van der Waals surface area contributed by atoms with Crippen LogP contribution >= 0.6 is 11.6 Å². The van der Waals surface area contributed by atoms with E-state index in [4.69, 9.17) is 16.3 Å². The van der Waals surface area contributed by atoms with Crippen molar-refractivity contribution in [1.82, 2.24) is 5.43 Å². The third-order valence-electron chi connectivity index (χ3n) is 4.49. The topological polar surface area (TPSA) is 88.1 Å². The number of hydrazone groups is 1. The number of nitrogens with one attached hydrogen (secondary N) is 1. The highest BCUT2D eigenvalue weighted by Gasteiger charge is 2.27. The first-order valence-corrected chi connectivity index (χ1v) is 11.4. The number of benzene rings is 3. The Morgan fingerprint density at radius 3 is 2.50 bits per heavy atom. The lowest BCUT2D eigenvalue weighted by Crippen LogP contribution is -2.39. The summed E-state index contributed by atoms with van der Waals surface area (Å²) in [6.07, 6.45) is 1.42. The monoisotopic (exact) mass is 471 g/mol. The number of carbonyl (C=O) groups is 1. The SMILES string of the molecule is COc1cccc(N(CC(=O)N/N=C\c2cccc(Cl)c2)S(=O)(=O)c2ccc(C)cc2)c1. The van der Waals surface area contributed by atoms with Crippen LogP contribution in [0.25, 0.3) is 0 Å². The van der Waals surface area contributed by atoms with E-state index in [9.17, 15) is 13.2 Å². The summed E-state index contributed by atoms with van der Waals surface area (Å²) in [5.41, 5.74) is 4.26. The van der Waals surface area contributed by atoms with Gasteiger partial charge in [-0.3, -0.25) is 9.10 Å². The fourth-order valence-electron chi connectivity index (χ4n) is 2.85. The van der Waals surface area contributed by atoms with Crippen LogP contribution in [0.3, 0.4) is 0 Å². The van der Waals surface area contributed by atoms with Crippen molar-refractivity contribution in [2.75, 3.05) is 18.0 Å². The minimum Gasteiger partial charge on any atom is -0.497 e. The molecule has 0 radical (unpaired) electrons. The molecule has 0 unspecified atom stereocenters. The number of carbonyl (C=O) groups excluding carboxylic acids is 1. The molecule has 7 nitrogen and oxygen atoms in total. The smallest absolute Gasteiger partial charge is 0.264 e. The number of amides is 1. The number of ether oxygens (including phenoxy) is 1. The van der Waals surface area contributed by atoms with Gasteiger partial charge in [-0.05, 0) is 48.9 Å². The van der Waals surface area contributed by atoms with Gasteiger partial charge in [0.2, 0.25) is 0 Å². The number of rotatable bonds is 8. The first kappa shape index (κ1) is 23.3. The van der Waals surface area contributed by atoms with E-state index < -0.39 is 22.5 Å². The average molecular weight is 472 g/mol. The minimum absolute atomic E-state index is 0.0705. The molecule has 0 saturated carbocycles. The molecule has 0 aliphatic heterocycles. The van der Waals surface area contributed by atoms with Gasteiger partial charge in [-0.1, -0.05) is 47.5 Å². The summed E-state index contributed by atoms with van der Waals surface area (Å²) >= 11 is 5.93. The highest BCUT2D eigenvalue weighted by Crippen LogP contribution is 2.27. The molecule has 0 spiro atoms. The molecule has 32 heavy (non-hydrogen) atoms. The number of aryl methyl sites for hydroxylation is 1. The molecule has 0 atom stereocenters. The Hall–Kier alpha value is -3.36. The zero-order chi connectivity index (χ0) is 23.1. The van der Waals surface area contributed by atoms with Crippen molar-refractivity contribution in [2.24, 2.45) is 5.10 Å². The predicted molar refractivity (Wildman–Crippen MR) is 126 cm³/mol. The van der Waals surface area contributed by atoms with Crippen LogP contribution in [0.5, 0.6) is 5.75 Å². The van der Waals surface area contributed by atoms with Crippen molar-refractivity contribution in [2.45, 2.75) is 11.8 Å². The van der Waals surface area contributed by atoms with Gasteiger partial charge in [-0.25, -0.2) is 13.8 Å². The van der Waals surface area contributed by atoms with Crippen molar-refractivity contribution in [1.29, 1.82) is 0 Å². The van der Waals surface area contributed by atoms with Crippen LogP contribution in [-0.2, 0) is 14.8 Å². The van der Waals surface area contributed by atoms with Crippen LogP contribution in [0.15, 0.2) is 82.8 Å². The standard InChI is InChI=1S/C23H22ClN3O4S/c1-17-9-11-22(12-10-17)32(29,30)27(20-7-4-8-21(14-20)31-2)16-23(28)26-25-15-18-5-3-6-19(24)13-18/h3-15H,16H2,1-2H3,(H,26,28)/b25-15-. The number of anilines is 1. The molecule has 0 bridgehead atoms. The second-order valence-corrected chi connectivity index (χ2v) is 9.17. The third-order valence-corrected chi connectivity index (χ3v) is 6.51. The number of halogens is 1. The van der Waals surface area contributed by atoms with Gasteiger partial charge in [0.15, 0.2) is 0 Å². The second-order valence-electron chi connectivity index (χ2n) is 6.87. The molecule has 0 fully saturated rings. The van der Waals surface area contributed by atoms with Gasteiger partial charge in [-0.2, -0.15) is 5.10 Å². The Labute approximate surface area is 192 Å². The fraction of sp³-hybridized carbons (Fsp3) is 0.130. The molecule has 0 heterocycles. The summed E-state index contributed by atoms with van der Waals surface area (Å²) in [4.78, 5) is 12.7. The Bertz CT molecular complexity index is 1230. The molecule has 3 aromatic rings. The first-order valence-electron chi connectivity index (χ1n) is 9.60. The van der Waals surface area contributed by atoms with Gasteiger partial charge in [-0.15, -0.1) is 0 Å². The van der Waals surface area contributed by atoms with Crippen molar-refractivity contribution in [3.63, 3.8) is 0 Å². The number of sulfonamides is 1. The Kier molecular flexibility index (Phi) is 7.50. The van der Waals surface area contributed by atoms with Crippen molar-refractivity contribution < 1.29 is 17.9 Å². The van der Waals surface area contributed by atoms with Crippen LogP contribution in [0.2, 0.25) is 5.02 Å². The maximum Gasteiger partial charge on any atom is 0.264 e. The van der Waals surface area contributed by atoms with Crippen LogP contribution in [-0.4, -0.2) is 34.2 Å². The number of hydrogen-bond donors (Lipinski definition) is 1. The Balaban J connectivity index is 1.86. The number of hydrogen-bond acceptors (Lipinski definition) is 5. The molecular weight excluding hydrogens is 450 g/mol. The van der Waals surface area contributed by atoms with Gasteiger partial charge in [0.05, 0.1) is 23.9 Å². The summed E-state index contributed by atoms with van der Waals surface area (Å²) in [7, 11) is -2.54. The average Bonchev–Trinajstić information content (AvgIpc) is 2.78. The van der Waals surface area contributed by atoms with Gasteiger partial charge in [0.1, 0.15) is 12.3 Å². The van der Waals surface area contributed by atoms with Crippen LogP contribution in [0.4, 0.5) is 5.69 Å². The van der Waals surface area contributed by atoms with E-state index >= 15 is 0 Å². The molecule has 1 N–H and O–H groups in total. The fourth-order valence-corrected chi connectivity index (χ4v) is 4.46.